The number of anilines is 1. The molecule has 2 aliphatic heterocycles. The van der Waals surface area contributed by atoms with Gasteiger partial charge in [-0.3, -0.25) is 23.9 Å². The molecule has 10 nitrogen and oxygen atoms in total. The summed E-state index contributed by atoms with van der Waals surface area (Å²) in [6.45, 7) is 11.2. The third-order valence-electron chi connectivity index (χ3n) is 7.36. The standard InChI is InChI=1S/C32H32N4O6S2/c1-7-41-30(40)25-19(6)33-32-36(26(25)21-10-8-9-11-23(21)42-16(2)3)29(39)24(44-32)15-22-27(37)34-31(43)35(28(22)38)20-13-12-17(4)18(5)14-20/h8-16,22,26H,7H2,1-6H3,(H,34,37,43)/b24-15-/t22-,26-/m0/s1. The molecule has 2 atom stereocenters. The van der Waals surface area contributed by atoms with Crippen molar-refractivity contribution in [1.82, 2.24) is 9.88 Å². The van der Waals surface area contributed by atoms with Gasteiger partial charge in [0.25, 0.3) is 5.56 Å². The fourth-order valence-corrected chi connectivity index (χ4v) is 6.52. The zero-order chi connectivity index (χ0) is 31.9. The van der Waals surface area contributed by atoms with E-state index in [2.05, 4.69) is 10.3 Å². The highest BCUT2D eigenvalue weighted by molar-refractivity contribution is 7.80. The van der Waals surface area contributed by atoms with Crippen molar-refractivity contribution in [2.75, 3.05) is 11.5 Å². The van der Waals surface area contributed by atoms with E-state index < -0.39 is 35.3 Å². The number of benzene rings is 2. The van der Waals surface area contributed by atoms with Crippen LogP contribution in [0.3, 0.4) is 0 Å². The number of nitrogens with zero attached hydrogens (tertiary/aromatic N) is 3. The van der Waals surface area contributed by atoms with Crippen LogP contribution in [0.1, 0.15) is 50.4 Å². The maximum absolute atomic E-state index is 14.1. The van der Waals surface area contributed by atoms with Gasteiger partial charge in [-0.15, -0.1) is 0 Å². The molecule has 12 heteroatoms. The maximum atomic E-state index is 14.1. The molecule has 2 aromatic carbocycles. The Labute approximate surface area is 263 Å². The lowest BCUT2D eigenvalue weighted by atomic mass is 9.95. The molecule has 5 rings (SSSR count). The second-order valence-corrected chi connectivity index (χ2v) is 12.1. The molecule has 3 heterocycles. The molecule has 0 spiro atoms. The largest absolute Gasteiger partial charge is 0.491 e. The molecule has 0 bridgehead atoms. The van der Waals surface area contributed by atoms with Gasteiger partial charge in [0.2, 0.25) is 11.8 Å². The molecule has 1 saturated heterocycles. The van der Waals surface area contributed by atoms with Gasteiger partial charge in [-0.1, -0.05) is 35.6 Å². The van der Waals surface area contributed by atoms with E-state index in [9.17, 15) is 19.2 Å². The van der Waals surface area contributed by atoms with Gasteiger partial charge in [0, 0.05) is 5.56 Å². The topological polar surface area (TPSA) is 119 Å². The fourth-order valence-electron chi connectivity index (χ4n) is 5.17. The van der Waals surface area contributed by atoms with Crippen LogP contribution in [-0.2, 0) is 19.1 Å². The Morgan fingerprint density at radius 2 is 1.84 bits per heavy atom. The van der Waals surface area contributed by atoms with Crippen molar-refractivity contribution in [2.24, 2.45) is 10.9 Å². The molecule has 0 radical (unpaired) electrons. The number of hydrogen-bond acceptors (Lipinski definition) is 9. The first-order valence-electron chi connectivity index (χ1n) is 14.1. The van der Waals surface area contributed by atoms with E-state index in [1.165, 1.54) is 15.5 Å². The predicted octanol–water partition coefficient (Wildman–Crippen LogP) is 3.22. The number of rotatable bonds is 7. The van der Waals surface area contributed by atoms with Crippen LogP contribution >= 0.6 is 23.6 Å². The first-order chi connectivity index (χ1) is 20.9. The Morgan fingerprint density at radius 3 is 2.52 bits per heavy atom. The maximum Gasteiger partial charge on any atom is 0.338 e. The van der Waals surface area contributed by atoms with Gasteiger partial charge in [0.15, 0.2) is 9.91 Å². The zero-order valence-electron chi connectivity index (χ0n) is 25.2. The molecular formula is C32H32N4O6S2. The number of nitrogens with one attached hydrogen (secondary N) is 1. The van der Waals surface area contributed by atoms with Crippen molar-refractivity contribution in [3.63, 3.8) is 0 Å². The summed E-state index contributed by atoms with van der Waals surface area (Å²) in [6, 6.07) is 11.7. The number of allylic oxidation sites excluding steroid dienone is 1. The van der Waals surface area contributed by atoms with E-state index in [0.717, 1.165) is 22.5 Å². The molecule has 0 saturated carbocycles. The molecular weight excluding hydrogens is 601 g/mol. The number of para-hydroxylation sites is 1. The lowest BCUT2D eigenvalue weighted by Gasteiger charge is -2.31. The monoisotopic (exact) mass is 632 g/mol. The summed E-state index contributed by atoms with van der Waals surface area (Å²) in [5.74, 6) is -2.65. The van der Waals surface area contributed by atoms with Gasteiger partial charge in [0.05, 0.1) is 34.2 Å². The van der Waals surface area contributed by atoms with Crippen LogP contribution in [0.15, 0.2) is 63.5 Å². The summed E-state index contributed by atoms with van der Waals surface area (Å²) in [5, 5.41) is 2.56. The lowest BCUT2D eigenvalue weighted by molar-refractivity contribution is -0.139. The molecule has 228 valence electrons. The van der Waals surface area contributed by atoms with Gasteiger partial charge in [-0.05, 0) is 89.2 Å². The van der Waals surface area contributed by atoms with Crippen molar-refractivity contribution in [3.8, 4) is 5.75 Å². The van der Waals surface area contributed by atoms with Crippen LogP contribution in [0.4, 0.5) is 5.69 Å². The van der Waals surface area contributed by atoms with E-state index in [0.29, 0.717) is 27.5 Å². The van der Waals surface area contributed by atoms with Gasteiger partial charge in [-0.2, -0.15) is 0 Å². The molecule has 44 heavy (non-hydrogen) atoms. The van der Waals surface area contributed by atoms with E-state index in [-0.39, 0.29) is 27.9 Å². The third-order valence-corrected chi connectivity index (χ3v) is 8.65. The average molecular weight is 633 g/mol. The molecule has 0 unspecified atom stereocenters. The highest BCUT2D eigenvalue weighted by atomic mass is 32.1. The number of amides is 2. The number of fused-ring (bicyclic) bond motifs is 1. The molecule has 3 aromatic rings. The number of thiocarbonyl (C=S) groups is 1. The fraction of sp³-hybridized carbons (Fsp3) is 0.312. The Kier molecular flexibility index (Phi) is 8.66. The molecule has 1 aromatic heterocycles. The second kappa shape index (κ2) is 12.3. The molecule has 0 aliphatic carbocycles. The summed E-state index contributed by atoms with van der Waals surface area (Å²) in [4.78, 5) is 60.4. The third kappa shape index (κ3) is 5.62. The van der Waals surface area contributed by atoms with Crippen LogP contribution in [0, 0.1) is 19.8 Å². The van der Waals surface area contributed by atoms with Gasteiger partial charge in [-0.25, -0.2) is 9.79 Å². The number of ether oxygens (including phenoxy) is 2. The van der Waals surface area contributed by atoms with Crippen molar-refractivity contribution in [1.29, 1.82) is 0 Å². The first-order valence-corrected chi connectivity index (χ1v) is 15.4. The summed E-state index contributed by atoms with van der Waals surface area (Å²) < 4.78 is 13.0. The number of carbonyl (C=O) groups excluding carboxylic acids is 3. The molecule has 2 aliphatic rings. The zero-order valence-corrected chi connectivity index (χ0v) is 26.8. The van der Waals surface area contributed by atoms with Crippen LogP contribution in [0.5, 0.6) is 5.75 Å². The Bertz CT molecular complexity index is 1920. The highest BCUT2D eigenvalue weighted by Crippen LogP contribution is 2.36. The normalized spacial score (nSPS) is 18.8. The van der Waals surface area contributed by atoms with E-state index >= 15 is 0 Å². The van der Waals surface area contributed by atoms with Crippen molar-refractivity contribution in [2.45, 2.75) is 53.7 Å². The quantitative estimate of drug-likeness (QED) is 0.241. The smallest absolute Gasteiger partial charge is 0.338 e. The highest BCUT2D eigenvalue weighted by Gasteiger charge is 2.39. The van der Waals surface area contributed by atoms with Crippen molar-refractivity contribution >= 4 is 58.2 Å². The number of carbonyl (C=O) groups is 3. The number of thiazole rings is 1. The number of aromatic nitrogens is 1. The number of aryl methyl sites for hydroxylation is 2. The minimum atomic E-state index is -1.33. The Balaban J connectivity index is 1.67. The van der Waals surface area contributed by atoms with Crippen molar-refractivity contribution in [3.05, 3.63) is 90.1 Å². The number of hydrogen-bond donors (Lipinski definition) is 1. The van der Waals surface area contributed by atoms with Crippen LogP contribution in [0.25, 0.3) is 6.08 Å². The molecule has 2 amide bonds. The lowest BCUT2D eigenvalue weighted by Crippen LogP contribution is -2.58. The van der Waals surface area contributed by atoms with Crippen molar-refractivity contribution < 1.29 is 23.9 Å². The van der Waals surface area contributed by atoms with Gasteiger partial charge in [0.1, 0.15) is 17.7 Å². The SMILES string of the molecule is CCOC(=O)C1=C(C)N=c2s/c(=C\[C@H]3C(=O)NC(=S)N(c4ccc(C)c(C)c4)C3=O)c(=O)n2[C@H]1c1ccccc1OC(C)C. The molecule has 1 N–H and O–H groups in total. The predicted molar refractivity (Wildman–Crippen MR) is 171 cm³/mol. The molecule has 1 fully saturated rings. The van der Waals surface area contributed by atoms with Crippen LogP contribution in [-0.4, -0.2) is 40.2 Å². The average Bonchev–Trinajstić information content (AvgIpc) is 3.26. The summed E-state index contributed by atoms with van der Waals surface area (Å²) in [6.07, 6.45) is 1.17. The van der Waals surface area contributed by atoms with Gasteiger partial charge < -0.3 is 14.8 Å². The van der Waals surface area contributed by atoms with Gasteiger partial charge >= 0.3 is 5.97 Å². The summed E-state index contributed by atoms with van der Waals surface area (Å²) >= 11 is 6.39. The van der Waals surface area contributed by atoms with E-state index in [1.807, 2.05) is 45.9 Å². The minimum Gasteiger partial charge on any atom is -0.491 e. The second-order valence-electron chi connectivity index (χ2n) is 10.7. The summed E-state index contributed by atoms with van der Waals surface area (Å²) in [5.41, 5.74) is 3.15. The van der Waals surface area contributed by atoms with Crippen LogP contribution in [0.2, 0.25) is 0 Å². The van der Waals surface area contributed by atoms with E-state index in [4.69, 9.17) is 21.7 Å². The number of esters is 1. The van der Waals surface area contributed by atoms with Crippen LogP contribution < -0.4 is 29.8 Å². The Morgan fingerprint density at radius 1 is 1.11 bits per heavy atom. The first kappa shape index (κ1) is 31.0. The Hall–Kier alpha value is -4.42. The minimum absolute atomic E-state index is 0.0363. The summed E-state index contributed by atoms with van der Waals surface area (Å²) in [7, 11) is 0. The van der Waals surface area contributed by atoms with E-state index in [1.54, 1.807) is 38.1 Å².